The Morgan fingerprint density at radius 2 is 2.04 bits per heavy atom. The molecule has 0 spiro atoms. The molecule has 0 aliphatic carbocycles. The highest BCUT2D eigenvalue weighted by atomic mass is 35.5. The van der Waals surface area contributed by atoms with Crippen LogP contribution in [0, 0.1) is 0 Å². The van der Waals surface area contributed by atoms with Crippen LogP contribution < -0.4 is 14.8 Å². The van der Waals surface area contributed by atoms with Gasteiger partial charge in [-0.2, -0.15) is 0 Å². The van der Waals surface area contributed by atoms with Gasteiger partial charge in [0.2, 0.25) is 5.91 Å². The van der Waals surface area contributed by atoms with E-state index in [0.29, 0.717) is 21.6 Å². The van der Waals surface area contributed by atoms with Gasteiger partial charge in [-0.1, -0.05) is 29.4 Å². The third kappa shape index (κ3) is 4.61. The highest BCUT2D eigenvalue weighted by molar-refractivity contribution is 8.00. The summed E-state index contributed by atoms with van der Waals surface area (Å²) in [5.41, 5.74) is 1.52. The number of thioether (sulfide) groups is 1. The molecule has 0 aliphatic rings. The Kier molecular flexibility index (Phi) is 6.49. The van der Waals surface area contributed by atoms with Crippen LogP contribution in [0.2, 0.25) is 5.02 Å². The van der Waals surface area contributed by atoms with E-state index in [1.165, 1.54) is 11.8 Å². The van der Waals surface area contributed by atoms with Crippen molar-refractivity contribution in [2.45, 2.75) is 17.3 Å². The summed E-state index contributed by atoms with van der Waals surface area (Å²) in [6.45, 7) is 1.83. The monoisotopic (exact) mass is 417 g/mol. The number of anilines is 1. The largest absolute Gasteiger partial charge is 0.497 e. The van der Waals surface area contributed by atoms with Crippen LogP contribution in [0.5, 0.6) is 11.5 Å². The molecular formula is C20H20ClN3O3S. The molecule has 1 N–H and O–H groups in total. The van der Waals surface area contributed by atoms with Crippen molar-refractivity contribution in [1.29, 1.82) is 0 Å². The molecule has 0 saturated carbocycles. The third-order valence-electron chi connectivity index (χ3n) is 4.01. The fourth-order valence-electron chi connectivity index (χ4n) is 2.53. The topological polar surface area (TPSA) is 65.4 Å². The second-order valence-electron chi connectivity index (χ2n) is 5.88. The Morgan fingerprint density at radius 3 is 2.75 bits per heavy atom. The van der Waals surface area contributed by atoms with Gasteiger partial charge in [0.25, 0.3) is 0 Å². The van der Waals surface area contributed by atoms with Crippen molar-refractivity contribution in [2.75, 3.05) is 19.5 Å². The Hall–Kier alpha value is -2.64. The lowest BCUT2D eigenvalue weighted by Gasteiger charge is -2.14. The molecule has 1 unspecified atom stereocenters. The maximum Gasteiger partial charge on any atom is 0.237 e. The van der Waals surface area contributed by atoms with E-state index in [0.717, 1.165) is 11.4 Å². The number of nitrogens with one attached hydrogen (secondary N) is 1. The van der Waals surface area contributed by atoms with Gasteiger partial charge in [0, 0.05) is 24.1 Å². The molecule has 0 radical (unpaired) electrons. The highest BCUT2D eigenvalue weighted by Gasteiger charge is 2.18. The van der Waals surface area contributed by atoms with E-state index in [2.05, 4.69) is 10.3 Å². The number of carbonyl (C=O) groups excluding carboxylic acids is 1. The molecule has 146 valence electrons. The summed E-state index contributed by atoms with van der Waals surface area (Å²) in [7, 11) is 3.17. The molecule has 2 aromatic carbocycles. The Bertz CT molecular complexity index is 977. The molecule has 8 heteroatoms. The van der Waals surface area contributed by atoms with E-state index >= 15 is 0 Å². The van der Waals surface area contributed by atoms with Crippen molar-refractivity contribution >= 4 is 35.0 Å². The third-order valence-corrected chi connectivity index (χ3v) is 5.38. The van der Waals surface area contributed by atoms with Crippen LogP contribution in [0.4, 0.5) is 5.69 Å². The number of methoxy groups -OCH3 is 2. The second-order valence-corrected chi connectivity index (χ2v) is 7.60. The molecule has 3 rings (SSSR count). The normalized spacial score (nSPS) is 11.7. The Morgan fingerprint density at radius 1 is 1.21 bits per heavy atom. The van der Waals surface area contributed by atoms with Crippen molar-refractivity contribution in [1.82, 2.24) is 9.55 Å². The number of benzene rings is 2. The molecule has 1 atom stereocenters. The summed E-state index contributed by atoms with van der Waals surface area (Å²) in [6, 6.07) is 12.8. The first-order valence-electron chi connectivity index (χ1n) is 8.50. The number of hydrogen-bond acceptors (Lipinski definition) is 5. The molecule has 28 heavy (non-hydrogen) atoms. The summed E-state index contributed by atoms with van der Waals surface area (Å²) in [5.74, 6) is 1.16. The van der Waals surface area contributed by atoms with E-state index in [1.807, 2.05) is 42.0 Å². The minimum absolute atomic E-state index is 0.147. The number of hydrogen-bond donors (Lipinski definition) is 1. The van der Waals surface area contributed by atoms with Crippen LogP contribution in [0.1, 0.15) is 6.92 Å². The van der Waals surface area contributed by atoms with Gasteiger partial charge in [-0.25, -0.2) is 4.98 Å². The van der Waals surface area contributed by atoms with Crippen LogP contribution >= 0.6 is 23.4 Å². The number of nitrogens with zero attached hydrogens (tertiary/aromatic N) is 2. The summed E-state index contributed by atoms with van der Waals surface area (Å²) < 4.78 is 12.3. The van der Waals surface area contributed by atoms with Gasteiger partial charge >= 0.3 is 0 Å². The zero-order chi connectivity index (χ0) is 20.1. The van der Waals surface area contributed by atoms with E-state index in [4.69, 9.17) is 21.1 Å². The zero-order valence-corrected chi connectivity index (χ0v) is 17.3. The van der Waals surface area contributed by atoms with Crippen LogP contribution in [-0.4, -0.2) is 34.9 Å². The second kappa shape index (κ2) is 9.03. The zero-order valence-electron chi connectivity index (χ0n) is 15.7. The molecular weight excluding hydrogens is 398 g/mol. The molecule has 1 heterocycles. The quantitative estimate of drug-likeness (QED) is 0.566. The number of carbonyl (C=O) groups is 1. The summed E-state index contributed by atoms with van der Waals surface area (Å²) in [5, 5.41) is 3.65. The fraction of sp³-hybridized carbons (Fsp3) is 0.200. The van der Waals surface area contributed by atoms with Gasteiger partial charge in [0.1, 0.15) is 11.5 Å². The van der Waals surface area contributed by atoms with Gasteiger partial charge in [0.15, 0.2) is 5.16 Å². The maximum absolute atomic E-state index is 12.6. The minimum Gasteiger partial charge on any atom is -0.497 e. The lowest BCUT2D eigenvalue weighted by atomic mass is 10.3. The van der Waals surface area contributed by atoms with Gasteiger partial charge in [-0.3, -0.25) is 9.36 Å². The van der Waals surface area contributed by atoms with Crippen LogP contribution in [0.25, 0.3) is 5.69 Å². The van der Waals surface area contributed by atoms with E-state index in [1.54, 1.807) is 38.6 Å². The number of imidazole rings is 1. The summed E-state index contributed by atoms with van der Waals surface area (Å²) in [4.78, 5) is 17.0. The van der Waals surface area contributed by atoms with Crippen molar-refractivity contribution in [3.63, 3.8) is 0 Å². The van der Waals surface area contributed by atoms with E-state index < -0.39 is 0 Å². The van der Waals surface area contributed by atoms with E-state index in [9.17, 15) is 4.79 Å². The molecule has 3 aromatic rings. The van der Waals surface area contributed by atoms with Crippen molar-refractivity contribution < 1.29 is 14.3 Å². The maximum atomic E-state index is 12.6. The number of halogens is 1. The highest BCUT2D eigenvalue weighted by Crippen LogP contribution is 2.29. The number of rotatable bonds is 7. The van der Waals surface area contributed by atoms with Crippen LogP contribution in [0.3, 0.4) is 0 Å². The minimum atomic E-state index is -0.368. The Labute approximate surface area is 172 Å². The summed E-state index contributed by atoms with van der Waals surface area (Å²) in [6.07, 6.45) is 3.56. The van der Waals surface area contributed by atoms with Gasteiger partial charge in [-0.05, 0) is 37.3 Å². The van der Waals surface area contributed by atoms with Crippen molar-refractivity contribution in [3.05, 3.63) is 59.9 Å². The molecule has 0 bridgehead atoms. The fourth-order valence-corrected chi connectivity index (χ4v) is 3.67. The van der Waals surface area contributed by atoms with Crippen molar-refractivity contribution in [3.8, 4) is 17.2 Å². The molecule has 1 aromatic heterocycles. The molecule has 0 fully saturated rings. The first-order chi connectivity index (χ1) is 13.5. The van der Waals surface area contributed by atoms with Crippen molar-refractivity contribution in [2.24, 2.45) is 0 Å². The number of amides is 1. The standard InChI is InChI=1S/C20H20ClN3O3S/c1-13(19(25)23-14-7-8-18(27-3)17(21)11-14)28-20-22-9-10-24(20)15-5-4-6-16(12-15)26-2/h4-13H,1-3H3,(H,23,25). The predicted molar refractivity (Wildman–Crippen MR) is 112 cm³/mol. The van der Waals surface area contributed by atoms with Gasteiger partial charge < -0.3 is 14.8 Å². The average molecular weight is 418 g/mol. The Balaban J connectivity index is 1.71. The number of aromatic nitrogens is 2. The predicted octanol–water partition coefficient (Wildman–Crippen LogP) is 4.66. The first kappa shape index (κ1) is 20.1. The van der Waals surface area contributed by atoms with E-state index in [-0.39, 0.29) is 11.2 Å². The molecule has 0 aliphatic heterocycles. The lowest BCUT2D eigenvalue weighted by Crippen LogP contribution is -2.22. The van der Waals surface area contributed by atoms with Crippen LogP contribution in [0.15, 0.2) is 60.0 Å². The number of ether oxygens (including phenoxy) is 2. The smallest absolute Gasteiger partial charge is 0.237 e. The van der Waals surface area contributed by atoms with Gasteiger partial charge in [-0.15, -0.1) is 0 Å². The lowest BCUT2D eigenvalue weighted by molar-refractivity contribution is -0.115. The summed E-state index contributed by atoms with van der Waals surface area (Å²) >= 11 is 7.48. The first-order valence-corrected chi connectivity index (χ1v) is 9.76. The molecule has 6 nitrogen and oxygen atoms in total. The SMILES string of the molecule is COc1cccc(-n2ccnc2SC(C)C(=O)Nc2ccc(OC)c(Cl)c2)c1. The van der Waals surface area contributed by atoms with Gasteiger partial charge in [0.05, 0.1) is 30.2 Å². The van der Waals surface area contributed by atoms with Crippen LogP contribution in [-0.2, 0) is 4.79 Å². The molecule has 1 amide bonds. The molecule has 0 saturated heterocycles. The average Bonchev–Trinajstić information content (AvgIpc) is 3.16.